The second kappa shape index (κ2) is 23.8. The highest BCUT2D eigenvalue weighted by Gasteiger charge is 2.33. The molecule has 2 rings (SSSR count). The molecule has 0 aromatic heterocycles. The fourth-order valence-electron chi connectivity index (χ4n) is 5.48. The largest absolute Gasteiger partial charge is 0.382 e. The summed E-state index contributed by atoms with van der Waals surface area (Å²) in [4.78, 5) is 0. The van der Waals surface area contributed by atoms with Crippen molar-refractivity contribution in [3.8, 4) is 0 Å². The Labute approximate surface area is 269 Å². The Morgan fingerprint density at radius 2 is 1.56 bits per heavy atom. The second-order valence-corrected chi connectivity index (χ2v) is 12.9. The van der Waals surface area contributed by atoms with Crippen LogP contribution in [0.3, 0.4) is 0 Å². The summed E-state index contributed by atoms with van der Waals surface area (Å²) in [5.41, 5.74) is 5.69. The van der Waals surface area contributed by atoms with Crippen LogP contribution in [-0.2, 0) is 6.54 Å². The van der Waals surface area contributed by atoms with E-state index >= 15 is 0 Å². The van der Waals surface area contributed by atoms with Gasteiger partial charge < -0.3 is 10.6 Å². The smallest absolute Gasteiger partial charge is 0.0341 e. The second-order valence-electron chi connectivity index (χ2n) is 12.9. The average molecular weight is 591 g/mol. The molecule has 1 aliphatic carbocycles. The van der Waals surface area contributed by atoms with Crippen LogP contribution in [0.4, 0.5) is 0 Å². The van der Waals surface area contributed by atoms with Crippen LogP contribution in [0.25, 0.3) is 0 Å². The molecule has 0 saturated heterocycles. The van der Waals surface area contributed by atoms with Gasteiger partial charge in [0, 0.05) is 24.3 Å². The minimum Gasteiger partial charge on any atom is -0.382 e. The Morgan fingerprint density at radius 3 is 2.05 bits per heavy atom. The first-order chi connectivity index (χ1) is 20.4. The summed E-state index contributed by atoms with van der Waals surface area (Å²) in [5, 5.41) is 7.36. The molecule has 2 unspecified atom stereocenters. The summed E-state index contributed by atoms with van der Waals surface area (Å²) in [6.07, 6.45) is 17.5. The summed E-state index contributed by atoms with van der Waals surface area (Å²) in [6, 6.07) is 11.7. The molecule has 2 nitrogen and oxygen atoms in total. The molecule has 1 aliphatic rings. The van der Waals surface area contributed by atoms with Gasteiger partial charge in [-0.15, -0.1) is 0 Å². The molecule has 0 radical (unpaired) electrons. The lowest BCUT2D eigenvalue weighted by atomic mass is 9.71. The molecule has 43 heavy (non-hydrogen) atoms. The normalized spacial score (nSPS) is 16.9. The average Bonchev–Trinajstić information content (AvgIpc) is 3.32. The van der Waals surface area contributed by atoms with Crippen molar-refractivity contribution < 1.29 is 0 Å². The van der Waals surface area contributed by atoms with Gasteiger partial charge in [0.15, 0.2) is 0 Å². The third-order valence-corrected chi connectivity index (χ3v) is 7.71. The van der Waals surface area contributed by atoms with Crippen molar-refractivity contribution in [2.45, 2.75) is 134 Å². The SMILES string of the molecule is C=C/C=C1/CC(NC(/C=C\C)=C/C=C)CC1=C.CC.CC.CCC(C)(C)C(CC(C)(C)CC(C)C)NCc1ccccc1. The van der Waals surface area contributed by atoms with Gasteiger partial charge in [-0.05, 0) is 84.6 Å². The van der Waals surface area contributed by atoms with Crippen LogP contribution in [0, 0.1) is 16.7 Å². The molecule has 1 aromatic rings. The Balaban J connectivity index is 0. The van der Waals surface area contributed by atoms with E-state index in [4.69, 9.17) is 0 Å². The summed E-state index contributed by atoms with van der Waals surface area (Å²) >= 11 is 0. The number of nitrogens with one attached hydrogen (secondary N) is 2. The molecule has 244 valence electrons. The van der Waals surface area contributed by atoms with Crippen molar-refractivity contribution >= 4 is 0 Å². The van der Waals surface area contributed by atoms with Crippen molar-refractivity contribution in [1.29, 1.82) is 0 Å². The number of hydrogen-bond acceptors (Lipinski definition) is 2. The van der Waals surface area contributed by atoms with Crippen LogP contribution in [0.2, 0.25) is 0 Å². The fraction of sp³-hybridized carbons (Fsp3) is 0.561. The van der Waals surface area contributed by atoms with Gasteiger partial charge in [-0.1, -0.05) is 151 Å². The first-order valence-corrected chi connectivity index (χ1v) is 16.9. The van der Waals surface area contributed by atoms with E-state index in [0.29, 0.717) is 22.9 Å². The van der Waals surface area contributed by atoms with Gasteiger partial charge in [0.05, 0.1) is 0 Å². The highest BCUT2D eigenvalue weighted by molar-refractivity contribution is 5.38. The maximum atomic E-state index is 4.09. The molecule has 0 spiro atoms. The zero-order valence-corrected chi connectivity index (χ0v) is 30.4. The van der Waals surface area contributed by atoms with Crippen LogP contribution in [0.15, 0.2) is 103 Å². The van der Waals surface area contributed by atoms with Gasteiger partial charge in [-0.3, -0.25) is 0 Å². The van der Waals surface area contributed by atoms with Gasteiger partial charge >= 0.3 is 0 Å². The standard InChI is InChI=1S/C21H37N.C16H21N.2C2H6/c1-8-21(6,7)19(15-20(4,5)14-17(2)3)22-16-18-12-10-9-11-13-18;1-5-8-14-12-16(11-13(14)4)17-15(9-6-2)10-7-3;2*1-2/h9-13,17,19,22H,8,14-16H2,1-7H3;5-10,16-17H,1-2,4,11-12H2,3H3;2*1-2H3/b;10-7-,14-8-,15-9+;;. The summed E-state index contributed by atoms with van der Waals surface area (Å²) in [6.45, 7) is 39.2. The molecule has 2 heteroatoms. The van der Waals surface area contributed by atoms with Crippen LogP contribution in [0.5, 0.6) is 0 Å². The molecular formula is C41H70N2. The topological polar surface area (TPSA) is 24.1 Å². The predicted molar refractivity (Wildman–Crippen MR) is 198 cm³/mol. The Hall–Kier alpha value is -2.58. The van der Waals surface area contributed by atoms with E-state index in [1.807, 2.05) is 52.8 Å². The summed E-state index contributed by atoms with van der Waals surface area (Å²) in [5.74, 6) is 0.759. The van der Waals surface area contributed by atoms with E-state index in [1.165, 1.54) is 36.0 Å². The van der Waals surface area contributed by atoms with E-state index in [2.05, 4.69) is 121 Å². The summed E-state index contributed by atoms with van der Waals surface area (Å²) < 4.78 is 0. The van der Waals surface area contributed by atoms with Crippen molar-refractivity contribution in [1.82, 2.24) is 10.6 Å². The van der Waals surface area contributed by atoms with E-state index in [1.54, 1.807) is 6.08 Å². The van der Waals surface area contributed by atoms with Crippen molar-refractivity contribution in [3.63, 3.8) is 0 Å². The highest BCUT2D eigenvalue weighted by Crippen LogP contribution is 2.37. The monoisotopic (exact) mass is 591 g/mol. The molecule has 1 fully saturated rings. The number of allylic oxidation sites excluding steroid dienone is 6. The maximum absolute atomic E-state index is 4.09. The van der Waals surface area contributed by atoms with Gasteiger partial charge in [-0.25, -0.2) is 0 Å². The minimum atomic E-state index is 0.322. The van der Waals surface area contributed by atoms with Crippen molar-refractivity contribution in [3.05, 3.63) is 109 Å². The molecule has 0 heterocycles. The van der Waals surface area contributed by atoms with E-state index in [9.17, 15) is 0 Å². The Kier molecular flexibility index (Phi) is 23.6. The van der Waals surface area contributed by atoms with Gasteiger partial charge in [0.1, 0.15) is 0 Å². The quantitative estimate of drug-likeness (QED) is 0.211. The third-order valence-electron chi connectivity index (χ3n) is 7.71. The Bertz CT molecular complexity index is 972. The first-order valence-electron chi connectivity index (χ1n) is 16.9. The van der Waals surface area contributed by atoms with Crippen LogP contribution < -0.4 is 10.6 Å². The third kappa shape index (κ3) is 18.6. The van der Waals surface area contributed by atoms with E-state index < -0.39 is 0 Å². The van der Waals surface area contributed by atoms with E-state index in [-0.39, 0.29) is 0 Å². The molecule has 1 saturated carbocycles. The molecular weight excluding hydrogens is 520 g/mol. The molecule has 0 amide bonds. The zero-order chi connectivity index (χ0) is 33.5. The minimum absolute atomic E-state index is 0.322. The first kappa shape index (κ1) is 42.6. The van der Waals surface area contributed by atoms with Crippen molar-refractivity contribution in [2.75, 3.05) is 0 Å². The zero-order valence-electron chi connectivity index (χ0n) is 30.4. The Morgan fingerprint density at radius 1 is 0.953 bits per heavy atom. The van der Waals surface area contributed by atoms with Gasteiger partial charge in [0.25, 0.3) is 0 Å². The van der Waals surface area contributed by atoms with Crippen molar-refractivity contribution in [2.24, 2.45) is 16.7 Å². The van der Waals surface area contributed by atoms with Crippen LogP contribution in [0.1, 0.15) is 121 Å². The van der Waals surface area contributed by atoms with Crippen LogP contribution >= 0.6 is 0 Å². The summed E-state index contributed by atoms with van der Waals surface area (Å²) in [7, 11) is 0. The fourth-order valence-corrected chi connectivity index (χ4v) is 5.48. The van der Waals surface area contributed by atoms with Gasteiger partial charge in [-0.2, -0.15) is 0 Å². The predicted octanol–water partition coefficient (Wildman–Crippen LogP) is 12.1. The maximum Gasteiger partial charge on any atom is 0.0341 e. The number of rotatable bonds is 14. The highest BCUT2D eigenvalue weighted by atomic mass is 14.9. The van der Waals surface area contributed by atoms with Crippen LogP contribution in [-0.4, -0.2) is 12.1 Å². The molecule has 2 N–H and O–H groups in total. The molecule has 0 aliphatic heterocycles. The lowest BCUT2D eigenvalue weighted by molar-refractivity contribution is 0.145. The lowest BCUT2D eigenvalue weighted by Crippen LogP contribution is -2.44. The molecule has 1 aromatic carbocycles. The van der Waals surface area contributed by atoms with Gasteiger partial charge in [0.2, 0.25) is 0 Å². The number of hydrogen-bond donors (Lipinski definition) is 2. The lowest BCUT2D eigenvalue weighted by Gasteiger charge is -2.40. The molecule has 2 atom stereocenters. The number of benzene rings is 1. The van der Waals surface area contributed by atoms with E-state index in [0.717, 1.165) is 31.0 Å². The molecule has 0 bridgehead atoms.